The second-order valence-corrected chi connectivity index (χ2v) is 13.2. The lowest BCUT2D eigenvalue weighted by molar-refractivity contribution is -0.136. The smallest absolute Gasteiger partial charge is 0.255 e. The van der Waals surface area contributed by atoms with Crippen LogP contribution in [-0.2, 0) is 16.1 Å². The Kier molecular flexibility index (Phi) is 9.15. The molecule has 2 saturated heterocycles. The number of anilines is 5. The van der Waals surface area contributed by atoms with Crippen LogP contribution < -0.4 is 26.2 Å². The number of hydrogen-bond acceptors (Lipinski definition) is 12. The Morgan fingerprint density at radius 3 is 2.47 bits per heavy atom. The van der Waals surface area contributed by atoms with Gasteiger partial charge in [0.2, 0.25) is 17.8 Å². The highest BCUT2D eigenvalue weighted by atomic mass is 16.2. The van der Waals surface area contributed by atoms with E-state index in [0.717, 1.165) is 53.9 Å². The van der Waals surface area contributed by atoms with Crippen LogP contribution in [0.4, 0.5) is 28.8 Å². The van der Waals surface area contributed by atoms with E-state index in [1.165, 1.54) is 11.1 Å². The second-order valence-electron chi connectivity index (χ2n) is 13.2. The van der Waals surface area contributed by atoms with E-state index in [9.17, 15) is 14.4 Å². The first-order valence-corrected chi connectivity index (χ1v) is 17.6. The predicted octanol–water partition coefficient (Wildman–Crippen LogP) is 4.92. The van der Waals surface area contributed by atoms with Crippen LogP contribution in [0.3, 0.4) is 0 Å². The molecule has 0 spiro atoms. The van der Waals surface area contributed by atoms with Crippen molar-refractivity contribution in [3.8, 4) is 0 Å². The van der Waals surface area contributed by atoms with Crippen molar-refractivity contribution in [3.63, 3.8) is 0 Å². The number of nitrogens with zero attached hydrogens (tertiary/aromatic N) is 6. The third kappa shape index (κ3) is 7.11. The number of fused-ring (bicyclic) bond motifs is 2. The molecule has 0 saturated carbocycles. The number of imide groups is 1. The molecule has 8 rings (SSSR count). The fraction of sp³-hybridized carbons (Fsp3) is 0.231. The van der Waals surface area contributed by atoms with E-state index in [-0.39, 0.29) is 30.8 Å². The highest BCUT2D eigenvalue weighted by Crippen LogP contribution is 2.34. The van der Waals surface area contributed by atoms with Gasteiger partial charge >= 0.3 is 0 Å². The van der Waals surface area contributed by atoms with Gasteiger partial charge < -0.3 is 31.2 Å². The van der Waals surface area contributed by atoms with Crippen molar-refractivity contribution in [2.24, 2.45) is 0 Å². The van der Waals surface area contributed by atoms with E-state index in [1.54, 1.807) is 30.6 Å². The van der Waals surface area contributed by atoms with E-state index in [1.807, 2.05) is 48.7 Å². The number of benzene rings is 3. The topological polar surface area (TPSA) is 181 Å². The summed E-state index contributed by atoms with van der Waals surface area (Å²) in [6, 6.07) is 22.7. The molecule has 3 aliphatic rings. The molecule has 5 N–H and O–H groups in total. The van der Waals surface area contributed by atoms with Gasteiger partial charge in [-0.1, -0.05) is 18.2 Å². The number of carbonyl (C=O) groups excluding carboxylic acids is 3. The van der Waals surface area contributed by atoms with Gasteiger partial charge in [0.05, 0.1) is 22.9 Å². The van der Waals surface area contributed by atoms with Gasteiger partial charge in [0.25, 0.3) is 5.91 Å². The van der Waals surface area contributed by atoms with E-state index < -0.39 is 11.9 Å². The van der Waals surface area contributed by atoms with Gasteiger partial charge in [-0.15, -0.1) is 0 Å². The molecule has 1 atom stereocenters. The summed E-state index contributed by atoms with van der Waals surface area (Å²) >= 11 is 0. The van der Waals surface area contributed by atoms with Crippen molar-refractivity contribution >= 4 is 69.4 Å². The minimum absolute atomic E-state index is 0.203. The van der Waals surface area contributed by atoms with Crippen LogP contribution >= 0.6 is 0 Å². The molecule has 0 aliphatic carbocycles. The molecule has 3 aliphatic heterocycles. The zero-order chi connectivity index (χ0) is 36.3. The molecule has 5 heterocycles. The Bertz CT molecular complexity index is 2250. The number of hydrogen-bond donors (Lipinski definition) is 5. The lowest BCUT2D eigenvalue weighted by atomic mass is 10.0. The molecule has 14 heteroatoms. The molecule has 3 amide bonds. The van der Waals surface area contributed by atoms with Crippen LogP contribution in [0.25, 0.3) is 16.6 Å². The Morgan fingerprint density at radius 1 is 0.868 bits per heavy atom. The summed E-state index contributed by atoms with van der Waals surface area (Å²) in [5, 5.41) is 20.4. The van der Waals surface area contributed by atoms with Crippen LogP contribution in [0, 0.1) is 5.41 Å². The zero-order valence-electron chi connectivity index (χ0n) is 28.8. The average Bonchev–Trinajstić information content (AvgIpc) is 3.52. The van der Waals surface area contributed by atoms with Crippen LogP contribution in [0.2, 0.25) is 0 Å². The lowest BCUT2D eigenvalue weighted by Gasteiger charge is -2.34. The maximum atomic E-state index is 13.2. The summed E-state index contributed by atoms with van der Waals surface area (Å²) in [7, 11) is 0. The van der Waals surface area contributed by atoms with Gasteiger partial charge in [-0.2, -0.15) is 4.98 Å². The predicted molar refractivity (Wildman–Crippen MR) is 202 cm³/mol. The van der Waals surface area contributed by atoms with Crippen molar-refractivity contribution in [3.05, 3.63) is 108 Å². The number of rotatable bonds is 10. The van der Waals surface area contributed by atoms with Crippen LogP contribution in [0.15, 0.2) is 91.4 Å². The maximum absolute atomic E-state index is 13.2. The SMILES string of the molecule is N=C/C(=C\NC1CCN(c2ccc(Nc3nccc(Nc4cccc5c4CN(C4CCC(=O)NC4=O)C5=O)n3)cc2)CC1)c1cnc2ccccc2n1. The largest absolute Gasteiger partial charge is 0.387 e. The van der Waals surface area contributed by atoms with Crippen molar-refractivity contribution in [2.45, 2.75) is 44.3 Å². The first-order valence-electron chi connectivity index (χ1n) is 17.6. The van der Waals surface area contributed by atoms with Crippen LogP contribution in [0.5, 0.6) is 0 Å². The lowest BCUT2D eigenvalue weighted by Crippen LogP contribution is -2.52. The van der Waals surface area contributed by atoms with E-state index in [4.69, 9.17) is 5.41 Å². The Hall–Kier alpha value is -6.70. The van der Waals surface area contributed by atoms with Gasteiger partial charge in [0.15, 0.2) is 0 Å². The highest BCUT2D eigenvalue weighted by molar-refractivity contribution is 6.08. The summed E-state index contributed by atoms with van der Waals surface area (Å²) in [6.45, 7) is 2.04. The number of para-hydroxylation sites is 2. The number of carbonyl (C=O) groups is 3. The third-order valence-corrected chi connectivity index (χ3v) is 9.86. The number of nitrogens with one attached hydrogen (secondary N) is 5. The number of aromatic nitrogens is 4. The molecule has 53 heavy (non-hydrogen) atoms. The molecule has 14 nitrogen and oxygen atoms in total. The van der Waals surface area contributed by atoms with E-state index in [2.05, 4.69) is 58.2 Å². The Balaban J connectivity index is 0.859. The number of amides is 3. The van der Waals surface area contributed by atoms with E-state index >= 15 is 0 Å². The molecule has 266 valence electrons. The number of allylic oxidation sites excluding steroid dienone is 1. The molecule has 0 radical (unpaired) electrons. The Morgan fingerprint density at radius 2 is 1.68 bits per heavy atom. The molecular weight excluding hydrogens is 671 g/mol. The quantitative estimate of drug-likeness (QED) is 0.0982. The maximum Gasteiger partial charge on any atom is 0.255 e. The zero-order valence-corrected chi connectivity index (χ0v) is 28.8. The summed E-state index contributed by atoms with van der Waals surface area (Å²) in [4.78, 5) is 59.5. The average molecular weight is 708 g/mol. The monoisotopic (exact) mass is 707 g/mol. The first-order chi connectivity index (χ1) is 25.9. The van der Waals surface area contributed by atoms with Crippen molar-refractivity contribution in [1.29, 1.82) is 5.41 Å². The van der Waals surface area contributed by atoms with Gasteiger partial charge in [0, 0.05) is 84.5 Å². The van der Waals surface area contributed by atoms with E-state index in [0.29, 0.717) is 40.7 Å². The summed E-state index contributed by atoms with van der Waals surface area (Å²) in [5.41, 5.74) is 6.97. The van der Waals surface area contributed by atoms with Crippen LogP contribution in [0.1, 0.15) is 47.3 Å². The Labute approximate surface area is 305 Å². The molecule has 2 aromatic heterocycles. The van der Waals surface area contributed by atoms with Gasteiger partial charge in [-0.3, -0.25) is 24.7 Å². The summed E-state index contributed by atoms with van der Waals surface area (Å²) in [6.07, 6.45) is 8.97. The normalized spacial score (nSPS) is 17.8. The molecule has 2 fully saturated rings. The third-order valence-electron chi connectivity index (χ3n) is 9.86. The highest BCUT2D eigenvalue weighted by Gasteiger charge is 2.40. The van der Waals surface area contributed by atoms with Crippen molar-refractivity contribution < 1.29 is 14.4 Å². The fourth-order valence-corrected chi connectivity index (χ4v) is 7.01. The van der Waals surface area contributed by atoms with Crippen molar-refractivity contribution in [1.82, 2.24) is 35.5 Å². The standard InChI is InChI=1S/C39H37N11O3/c40-20-24(33-22-43-31-5-1-2-6-32(31)45-33)21-42-25-15-18-49(19-16-25)27-10-8-26(9-11-27)44-39-41-17-14-35(47-39)46-30-7-3-4-28-29(30)23-50(38(28)53)34-12-13-36(51)48-37(34)52/h1-11,14,17,20-22,25,34,40,42H,12-13,15-16,18-19,23H2,(H,48,51,52)(H2,41,44,46,47)/b24-21+,40-20?. The second kappa shape index (κ2) is 14.5. The minimum Gasteiger partial charge on any atom is -0.387 e. The van der Waals surface area contributed by atoms with Crippen LogP contribution in [-0.4, -0.2) is 73.9 Å². The number of piperidine rings is 2. The van der Waals surface area contributed by atoms with Crippen molar-refractivity contribution in [2.75, 3.05) is 28.6 Å². The molecule has 0 bridgehead atoms. The van der Waals surface area contributed by atoms with Gasteiger partial charge in [0.1, 0.15) is 11.9 Å². The molecule has 1 unspecified atom stereocenters. The minimum atomic E-state index is -0.682. The van der Waals surface area contributed by atoms with Gasteiger partial charge in [-0.05, 0) is 73.9 Å². The first kappa shape index (κ1) is 33.4. The molecule has 3 aromatic carbocycles. The van der Waals surface area contributed by atoms with Gasteiger partial charge in [-0.25, -0.2) is 9.97 Å². The molecule has 5 aromatic rings. The summed E-state index contributed by atoms with van der Waals surface area (Å²) < 4.78 is 0. The molecular formula is C39H37N11O3. The fourth-order valence-electron chi connectivity index (χ4n) is 7.01. The summed E-state index contributed by atoms with van der Waals surface area (Å²) in [5.74, 6) is -0.0276.